The van der Waals surface area contributed by atoms with Crippen LogP contribution in [0.5, 0.6) is 0 Å². The molecule has 0 unspecified atom stereocenters. The molecule has 0 saturated heterocycles. The van der Waals surface area contributed by atoms with Gasteiger partial charge in [0.1, 0.15) is 0 Å². The summed E-state index contributed by atoms with van der Waals surface area (Å²) in [5, 5.41) is 0. The van der Waals surface area contributed by atoms with Crippen LogP contribution in [0.3, 0.4) is 0 Å². The molecule has 1 aromatic carbocycles. The number of aryl methyl sites for hydroxylation is 3. The average molecular weight is 138 g/mol. The first-order valence-electron chi connectivity index (χ1n) is 3.80. The van der Waals surface area contributed by atoms with Crippen LogP contribution in [0.25, 0.3) is 0 Å². The van der Waals surface area contributed by atoms with Crippen molar-refractivity contribution in [1.82, 2.24) is 0 Å². The Kier molecular flexibility index (Phi) is 2.10. The molecule has 58 valence electrons. The SMILES string of the molecule is CCc1cc(C)ccc1C.[HH].[HH]. The van der Waals surface area contributed by atoms with Gasteiger partial charge >= 0.3 is 0 Å². The maximum atomic E-state index is 2.26. The molecule has 0 N–H and O–H groups in total. The lowest BCUT2D eigenvalue weighted by Crippen LogP contribution is -1.86. The van der Waals surface area contributed by atoms with Crippen LogP contribution in [-0.4, -0.2) is 0 Å². The van der Waals surface area contributed by atoms with Crippen LogP contribution in [0.4, 0.5) is 0 Å². The number of rotatable bonds is 1. The highest BCUT2D eigenvalue weighted by atomic mass is 14.0. The quantitative estimate of drug-likeness (QED) is 0.558. The molecule has 0 aliphatic rings. The summed E-state index contributed by atoms with van der Waals surface area (Å²) in [5.74, 6) is 0. The van der Waals surface area contributed by atoms with E-state index in [-0.39, 0.29) is 2.85 Å². The molecule has 10 heavy (non-hydrogen) atoms. The predicted molar refractivity (Wildman–Crippen MR) is 49.5 cm³/mol. The highest BCUT2D eigenvalue weighted by Crippen LogP contribution is 2.10. The fourth-order valence-electron chi connectivity index (χ4n) is 1.18. The van der Waals surface area contributed by atoms with Gasteiger partial charge in [-0.05, 0) is 31.4 Å². The van der Waals surface area contributed by atoms with Crippen molar-refractivity contribution >= 4 is 0 Å². The van der Waals surface area contributed by atoms with Crippen LogP contribution in [0.1, 0.15) is 26.5 Å². The molecule has 0 heteroatoms. The van der Waals surface area contributed by atoms with Crippen molar-refractivity contribution < 1.29 is 2.85 Å². The third kappa shape index (κ3) is 1.38. The first-order valence-corrected chi connectivity index (χ1v) is 3.80. The maximum absolute atomic E-state index is 2.26. The van der Waals surface area contributed by atoms with Gasteiger partial charge in [-0.15, -0.1) is 0 Å². The van der Waals surface area contributed by atoms with Crippen LogP contribution in [0.2, 0.25) is 0 Å². The van der Waals surface area contributed by atoms with Gasteiger partial charge in [-0.1, -0.05) is 30.7 Å². The van der Waals surface area contributed by atoms with Gasteiger partial charge in [0.25, 0.3) is 0 Å². The van der Waals surface area contributed by atoms with Crippen LogP contribution in [0.15, 0.2) is 18.2 Å². The van der Waals surface area contributed by atoms with E-state index in [0.717, 1.165) is 6.42 Å². The molecule has 0 saturated carbocycles. The van der Waals surface area contributed by atoms with E-state index in [1.807, 2.05) is 0 Å². The second kappa shape index (κ2) is 2.87. The first kappa shape index (κ1) is 7.33. The normalized spacial score (nSPS) is 9.90. The Morgan fingerprint density at radius 1 is 1.30 bits per heavy atom. The van der Waals surface area contributed by atoms with Gasteiger partial charge < -0.3 is 0 Å². The minimum absolute atomic E-state index is 0. The second-order valence-electron chi connectivity index (χ2n) is 2.78. The highest BCUT2D eigenvalue weighted by Gasteiger charge is 1.93. The molecule has 0 spiro atoms. The lowest BCUT2D eigenvalue weighted by atomic mass is 10.0. The summed E-state index contributed by atoms with van der Waals surface area (Å²) in [6.07, 6.45) is 1.15. The van der Waals surface area contributed by atoms with Gasteiger partial charge in [-0.2, -0.15) is 0 Å². The zero-order valence-corrected chi connectivity index (χ0v) is 6.94. The molecule has 1 aromatic rings. The van der Waals surface area contributed by atoms with Crippen molar-refractivity contribution in [3.05, 3.63) is 34.9 Å². The first-order chi connectivity index (χ1) is 4.74. The molecule has 0 atom stereocenters. The molecular weight excluding hydrogens is 120 g/mol. The Labute approximate surface area is 65.9 Å². The summed E-state index contributed by atoms with van der Waals surface area (Å²) >= 11 is 0. The molecule has 0 aromatic heterocycles. The van der Waals surface area contributed by atoms with Gasteiger partial charge in [-0.3, -0.25) is 0 Å². The molecule has 0 bridgehead atoms. The standard InChI is InChI=1S/C10H14.2H2/c1-4-10-7-8(2)5-6-9(10)3;;/h5-7H,4H2,1-3H3;2*1H. The van der Waals surface area contributed by atoms with Gasteiger partial charge in [0.2, 0.25) is 0 Å². The van der Waals surface area contributed by atoms with E-state index < -0.39 is 0 Å². The molecule has 1 rings (SSSR count). The molecule has 0 heterocycles. The van der Waals surface area contributed by atoms with E-state index in [1.54, 1.807) is 0 Å². The Hall–Kier alpha value is -0.780. The molecular formula is C10H18. The van der Waals surface area contributed by atoms with Crippen molar-refractivity contribution in [3.8, 4) is 0 Å². The molecule has 0 nitrogen and oxygen atoms in total. The molecule has 0 fully saturated rings. The van der Waals surface area contributed by atoms with Crippen LogP contribution < -0.4 is 0 Å². The van der Waals surface area contributed by atoms with Crippen molar-refractivity contribution in [3.63, 3.8) is 0 Å². The van der Waals surface area contributed by atoms with Crippen LogP contribution in [0, 0.1) is 13.8 Å². The zero-order valence-electron chi connectivity index (χ0n) is 6.94. The van der Waals surface area contributed by atoms with Crippen LogP contribution >= 0.6 is 0 Å². The predicted octanol–water partition coefficient (Wildman–Crippen LogP) is 3.36. The minimum atomic E-state index is 0. The van der Waals surface area contributed by atoms with E-state index in [4.69, 9.17) is 0 Å². The highest BCUT2D eigenvalue weighted by molar-refractivity contribution is 5.30. The van der Waals surface area contributed by atoms with Gasteiger partial charge in [-0.25, -0.2) is 0 Å². The largest absolute Gasteiger partial charge is 0.0613 e. The zero-order chi connectivity index (χ0) is 7.56. The third-order valence-corrected chi connectivity index (χ3v) is 1.89. The Balaban J connectivity index is 0. The summed E-state index contributed by atoms with van der Waals surface area (Å²) < 4.78 is 0. The van der Waals surface area contributed by atoms with E-state index in [0.29, 0.717) is 0 Å². The molecule has 0 radical (unpaired) electrons. The van der Waals surface area contributed by atoms with E-state index >= 15 is 0 Å². The van der Waals surface area contributed by atoms with Crippen molar-refractivity contribution in [2.24, 2.45) is 0 Å². The fraction of sp³-hybridized carbons (Fsp3) is 0.400. The van der Waals surface area contributed by atoms with Crippen molar-refractivity contribution in [2.75, 3.05) is 0 Å². The summed E-state index contributed by atoms with van der Waals surface area (Å²) in [6.45, 7) is 6.50. The topological polar surface area (TPSA) is 0 Å². The van der Waals surface area contributed by atoms with Gasteiger partial charge in [0.05, 0.1) is 0 Å². The summed E-state index contributed by atoms with van der Waals surface area (Å²) in [4.78, 5) is 0. The van der Waals surface area contributed by atoms with Crippen molar-refractivity contribution in [2.45, 2.75) is 27.2 Å². The minimum Gasteiger partial charge on any atom is -0.0613 e. The van der Waals surface area contributed by atoms with Gasteiger partial charge in [0.15, 0.2) is 0 Å². The lowest BCUT2D eigenvalue weighted by Gasteiger charge is -2.02. The smallest absolute Gasteiger partial charge is 0 e. The molecule has 0 aliphatic carbocycles. The third-order valence-electron chi connectivity index (χ3n) is 1.89. The molecule has 0 amide bonds. The fourth-order valence-corrected chi connectivity index (χ4v) is 1.18. The average Bonchev–Trinajstić information content (AvgIpc) is 1.94. The maximum Gasteiger partial charge on any atom is 0 e. The summed E-state index contributed by atoms with van der Waals surface area (Å²) in [5.41, 5.74) is 4.25. The second-order valence-corrected chi connectivity index (χ2v) is 2.78. The number of benzene rings is 1. The molecule has 0 aliphatic heterocycles. The van der Waals surface area contributed by atoms with Crippen LogP contribution in [-0.2, 0) is 6.42 Å². The van der Waals surface area contributed by atoms with Gasteiger partial charge in [0, 0.05) is 2.85 Å². The Bertz CT molecular complexity index is 231. The van der Waals surface area contributed by atoms with E-state index in [2.05, 4.69) is 39.0 Å². The summed E-state index contributed by atoms with van der Waals surface area (Å²) in [6, 6.07) is 6.61. The number of hydrogen-bond donors (Lipinski definition) is 0. The number of hydrogen-bond acceptors (Lipinski definition) is 0. The van der Waals surface area contributed by atoms with E-state index in [9.17, 15) is 0 Å². The van der Waals surface area contributed by atoms with E-state index in [1.165, 1.54) is 16.7 Å². The Morgan fingerprint density at radius 3 is 2.50 bits per heavy atom. The lowest BCUT2D eigenvalue weighted by molar-refractivity contribution is 1.10. The Morgan fingerprint density at radius 2 is 2.00 bits per heavy atom. The summed E-state index contributed by atoms with van der Waals surface area (Å²) in [7, 11) is 0. The van der Waals surface area contributed by atoms with Crippen molar-refractivity contribution in [1.29, 1.82) is 0 Å². The monoisotopic (exact) mass is 138 g/mol.